The maximum absolute atomic E-state index is 5.54. The van der Waals surface area contributed by atoms with E-state index in [9.17, 15) is 0 Å². The second-order valence-corrected chi connectivity index (χ2v) is 7.89. The van der Waals surface area contributed by atoms with Crippen LogP contribution in [0.2, 0.25) is 0 Å². The zero-order valence-corrected chi connectivity index (χ0v) is 13.1. The molecule has 0 aromatic heterocycles. The Balaban J connectivity index is 2.75. The van der Waals surface area contributed by atoms with Gasteiger partial charge >= 0.3 is 0 Å². The molecule has 21 heavy (non-hydrogen) atoms. The van der Waals surface area contributed by atoms with Crippen LogP contribution in [0, 0.1) is 12.3 Å². The highest BCUT2D eigenvalue weighted by Crippen LogP contribution is 2.51. The third-order valence-electron chi connectivity index (χ3n) is 3.40. The lowest BCUT2D eigenvalue weighted by atomic mass is 10.4. The fourth-order valence-corrected chi connectivity index (χ4v) is 5.31. The predicted octanol–water partition coefficient (Wildman–Crippen LogP) is 4.18. The van der Waals surface area contributed by atoms with Gasteiger partial charge in [-0.15, -0.1) is 6.42 Å². The van der Waals surface area contributed by atoms with E-state index in [1.54, 1.807) is 0 Å². The Bertz CT molecular complexity index is 685. The van der Waals surface area contributed by atoms with Crippen molar-refractivity contribution in [1.82, 2.24) is 0 Å². The summed E-state index contributed by atoms with van der Waals surface area (Å²) in [5.41, 5.74) is 0. The highest BCUT2D eigenvalue weighted by atomic mass is 31.2. The van der Waals surface area contributed by atoms with Gasteiger partial charge < -0.3 is 0 Å². The van der Waals surface area contributed by atoms with Crippen LogP contribution in [0.1, 0.15) is 6.92 Å². The van der Waals surface area contributed by atoms with E-state index in [0.29, 0.717) is 0 Å². The van der Waals surface area contributed by atoms with Crippen LogP contribution in [-0.4, -0.2) is 6.30 Å². The molecule has 0 aliphatic rings. The number of hydrogen-bond acceptors (Lipinski definition) is 0. The molecular formula is C20H19P. The minimum atomic E-state index is -1.94. The van der Waals surface area contributed by atoms with Gasteiger partial charge in [0.15, 0.2) is 0 Å². The molecule has 0 amide bonds. The molecule has 0 unspecified atom stereocenters. The van der Waals surface area contributed by atoms with Gasteiger partial charge in [-0.25, -0.2) is 0 Å². The Labute approximate surface area is 127 Å². The Morgan fingerprint density at radius 3 is 1.86 bits per heavy atom. The quantitative estimate of drug-likeness (QED) is 0.450. The van der Waals surface area contributed by atoms with E-state index >= 15 is 0 Å². The summed E-state index contributed by atoms with van der Waals surface area (Å²) in [5, 5.41) is 3.58. The second-order valence-electron chi connectivity index (χ2n) is 4.72. The molecule has 0 heterocycles. The molecule has 0 saturated carbocycles. The first kappa shape index (κ1) is 15.2. The van der Waals surface area contributed by atoms with Gasteiger partial charge in [0.2, 0.25) is 0 Å². The van der Waals surface area contributed by atoms with Crippen LogP contribution in [0.5, 0.6) is 0 Å². The molecule has 0 aliphatic heterocycles. The summed E-state index contributed by atoms with van der Waals surface area (Å²) >= 11 is 0. The summed E-state index contributed by atoms with van der Waals surface area (Å²) < 4.78 is 0. The van der Waals surface area contributed by atoms with E-state index in [0.717, 1.165) is 5.31 Å². The molecule has 2 aromatic carbocycles. The summed E-state index contributed by atoms with van der Waals surface area (Å²) in [6.07, 6.45) is 16.1. The van der Waals surface area contributed by atoms with Crippen molar-refractivity contribution in [3.63, 3.8) is 0 Å². The van der Waals surface area contributed by atoms with Crippen LogP contribution >= 0.6 is 6.89 Å². The summed E-state index contributed by atoms with van der Waals surface area (Å²) in [4.78, 5) is 0. The third kappa shape index (κ3) is 3.10. The maximum Gasteiger partial charge on any atom is -0.00387 e. The zero-order valence-electron chi connectivity index (χ0n) is 12.2. The molecule has 2 rings (SSSR count). The molecule has 0 N–H and O–H groups in total. The number of hydrogen-bond donors (Lipinski definition) is 0. The van der Waals surface area contributed by atoms with Crippen molar-refractivity contribution in [2.24, 2.45) is 0 Å². The average Bonchev–Trinajstić information content (AvgIpc) is 2.55. The number of benzene rings is 2. The number of terminal acetylenes is 1. The highest BCUT2D eigenvalue weighted by Gasteiger charge is 2.22. The van der Waals surface area contributed by atoms with E-state index in [2.05, 4.69) is 66.8 Å². The molecule has 2 aromatic rings. The van der Waals surface area contributed by atoms with Gasteiger partial charge in [0.25, 0.3) is 0 Å². The van der Waals surface area contributed by atoms with Crippen molar-refractivity contribution < 1.29 is 0 Å². The SMILES string of the molecule is C#C/C=C(\C=C/C)P(=C)(c1ccccc1)c1ccccc1. The zero-order chi connectivity index (χ0) is 15.1. The fraction of sp³-hybridized carbons (Fsp3) is 0.0500. The van der Waals surface area contributed by atoms with E-state index in [4.69, 9.17) is 6.42 Å². The average molecular weight is 290 g/mol. The molecule has 0 fully saturated rings. The fourth-order valence-electron chi connectivity index (χ4n) is 2.35. The standard InChI is InChI=1S/C20H19P/c1-4-12-18(13-5-2)21(3,19-14-8-6-9-15-19)20-16-10-7-11-17-20/h1,5-17H,3H2,2H3/b13-5-,18-12+. The first-order valence-corrected chi connectivity index (χ1v) is 8.85. The largest absolute Gasteiger partial charge is 0.115 e. The summed E-state index contributed by atoms with van der Waals surface area (Å²) in [6, 6.07) is 20.8. The molecule has 0 atom stereocenters. The van der Waals surface area contributed by atoms with E-state index in [1.165, 1.54) is 10.6 Å². The van der Waals surface area contributed by atoms with Gasteiger partial charge in [-0.05, 0) is 35.8 Å². The molecule has 1 heteroatoms. The lowest BCUT2D eigenvalue weighted by Gasteiger charge is -2.27. The molecular weight excluding hydrogens is 271 g/mol. The Morgan fingerprint density at radius 1 is 1.00 bits per heavy atom. The highest BCUT2D eigenvalue weighted by molar-refractivity contribution is 7.90. The van der Waals surface area contributed by atoms with Gasteiger partial charge in [-0.3, -0.25) is 0 Å². The Kier molecular flexibility index (Phi) is 5.04. The summed E-state index contributed by atoms with van der Waals surface area (Å²) in [5.74, 6) is 2.67. The van der Waals surface area contributed by atoms with Gasteiger partial charge in [-0.1, -0.05) is 85.0 Å². The Hall–Kier alpha value is -2.22. The van der Waals surface area contributed by atoms with Crippen molar-refractivity contribution in [1.29, 1.82) is 0 Å². The summed E-state index contributed by atoms with van der Waals surface area (Å²) in [6.45, 7) is 0.0692. The van der Waals surface area contributed by atoms with E-state index in [1.807, 2.05) is 31.2 Å². The van der Waals surface area contributed by atoms with Crippen LogP contribution in [0.25, 0.3) is 0 Å². The van der Waals surface area contributed by atoms with Crippen LogP contribution < -0.4 is 10.6 Å². The van der Waals surface area contributed by atoms with Crippen molar-refractivity contribution in [3.8, 4) is 12.3 Å². The lowest BCUT2D eigenvalue weighted by Crippen LogP contribution is -2.17. The van der Waals surface area contributed by atoms with Crippen LogP contribution in [-0.2, 0) is 0 Å². The molecule has 0 aliphatic carbocycles. The van der Waals surface area contributed by atoms with Crippen molar-refractivity contribution in [3.05, 3.63) is 84.2 Å². The Morgan fingerprint density at radius 2 is 1.48 bits per heavy atom. The van der Waals surface area contributed by atoms with Crippen molar-refractivity contribution in [2.75, 3.05) is 0 Å². The van der Waals surface area contributed by atoms with Crippen molar-refractivity contribution >= 4 is 23.8 Å². The molecule has 0 nitrogen and oxygen atoms in total. The predicted molar refractivity (Wildman–Crippen MR) is 97.9 cm³/mol. The van der Waals surface area contributed by atoms with E-state index in [-0.39, 0.29) is 0 Å². The third-order valence-corrected chi connectivity index (χ3v) is 6.92. The maximum atomic E-state index is 5.54. The molecule has 0 bridgehead atoms. The molecule has 0 radical (unpaired) electrons. The monoisotopic (exact) mass is 290 g/mol. The van der Waals surface area contributed by atoms with Crippen LogP contribution in [0.3, 0.4) is 0 Å². The first-order valence-electron chi connectivity index (χ1n) is 6.87. The number of rotatable bonds is 4. The van der Waals surface area contributed by atoms with Gasteiger partial charge in [0, 0.05) is 0 Å². The molecule has 104 valence electrons. The van der Waals surface area contributed by atoms with Crippen LogP contribution in [0.15, 0.2) is 84.2 Å². The van der Waals surface area contributed by atoms with Gasteiger partial charge in [-0.2, -0.15) is 0 Å². The number of allylic oxidation sites excluding steroid dienone is 4. The van der Waals surface area contributed by atoms with E-state index < -0.39 is 6.89 Å². The smallest absolute Gasteiger partial charge is 0.00387 e. The minimum Gasteiger partial charge on any atom is -0.115 e. The van der Waals surface area contributed by atoms with Crippen LogP contribution in [0.4, 0.5) is 0 Å². The minimum absolute atomic E-state index is 1.12. The normalized spacial score (nSPS) is 12.3. The summed E-state index contributed by atoms with van der Waals surface area (Å²) in [7, 11) is 0. The lowest BCUT2D eigenvalue weighted by molar-refractivity contribution is 1.70. The van der Waals surface area contributed by atoms with Gasteiger partial charge in [0.05, 0.1) is 0 Å². The first-order chi connectivity index (χ1) is 10.2. The van der Waals surface area contributed by atoms with Gasteiger partial charge in [0.1, 0.15) is 0 Å². The molecule has 0 spiro atoms. The van der Waals surface area contributed by atoms with Crippen molar-refractivity contribution in [2.45, 2.75) is 6.92 Å². The molecule has 0 saturated heterocycles. The second kappa shape index (κ2) is 6.98. The topological polar surface area (TPSA) is 0 Å².